The smallest absolute Gasteiger partial charge is 0.123 e. The second kappa shape index (κ2) is 5.60. The van der Waals surface area contributed by atoms with E-state index in [1.54, 1.807) is 0 Å². The van der Waals surface area contributed by atoms with Crippen LogP contribution in [0.1, 0.15) is 38.1 Å². The molecule has 0 spiro atoms. The quantitative estimate of drug-likeness (QED) is 0.918. The summed E-state index contributed by atoms with van der Waals surface area (Å²) in [7, 11) is 0. The van der Waals surface area contributed by atoms with Gasteiger partial charge in [-0.3, -0.25) is 4.68 Å². The van der Waals surface area contributed by atoms with Crippen molar-refractivity contribution in [1.29, 1.82) is 0 Å². The molecular weight excluding hydrogens is 265 g/mol. The molecule has 0 saturated heterocycles. The molecule has 3 nitrogen and oxygen atoms in total. The minimum Gasteiger partial charge on any atom is -0.314 e. The van der Waals surface area contributed by atoms with Gasteiger partial charge in [-0.15, -0.1) is 0 Å². The number of nitrogens with zero attached hydrogens (tertiary/aromatic N) is 2. The molecule has 0 bridgehead atoms. The molecule has 1 atom stereocenters. The van der Waals surface area contributed by atoms with Crippen LogP contribution in [0.2, 0.25) is 0 Å². The number of fused-ring (bicyclic) bond motifs is 1. The second-order valence-electron chi connectivity index (χ2n) is 6.13. The lowest BCUT2D eigenvalue weighted by Gasteiger charge is -2.15. The molecule has 0 radical (unpaired) electrons. The fraction of sp³-hybridized carbons (Fsp3) is 0.471. The van der Waals surface area contributed by atoms with Crippen LogP contribution < -0.4 is 5.32 Å². The van der Waals surface area contributed by atoms with Crippen LogP contribution in [0.15, 0.2) is 24.3 Å². The van der Waals surface area contributed by atoms with Gasteiger partial charge in [0.15, 0.2) is 0 Å². The van der Waals surface area contributed by atoms with Crippen molar-refractivity contribution in [3.8, 4) is 11.3 Å². The average molecular weight is 287 g/mol. The van der Waals surface area contributed by atoms with Gasteiger partial charge in [0, 0.05) is 36.2 Å². The number of benzene rings is 1. The monoisotopic (exact) mass is 287 g/mol. The van der Waals surface area contributed by atoms with Crippen molar-refractivity contribution in [1.82, 2.24) is 15.1 Å². The molecule has 1 unspecified atom stereocenters. The first-order valence-electron chi connectivity index (χ1n) is 7.66. The Kier molecular flexibility index (Phi) is 3.81. The zero-order valence-electron chi connectivity index (χ0n) is 12.9. The van der Waals surface area contributed by atoms with E-state index in [1.807, 2.05) is 12.1 Å². The first kappa shape index (κ1) is 14.3. The minimum atomic E-state index is -0.199. The van der Waals surface area contributed by atoms with Gasteiger partial charge in [-0.1, -0.05) is 0 Å². The fourth-order valence-corrected chi connectivity index (χ4v) is 3.03. The Bertz CT molecular complexity index is 628. The second-order valence-corrected chi connectivity index (χ2v) is 6.13. The van der Waals surface area contributed by atoms with Gasteiger partial charge >= 0.3 is 0 Å². The molecular formula is C17H22FN3. The predicted octanol–water partition coefficient (Wildman–Crippen LogP) is 3.35. The van der Waals surface area contributed by atoms with Crippen LogP contribution in [-0.4, -0.2) is 22.4 Å². The highest BCUT2D eigenvalue weighted by atomic mass is 19.1. The van der Waals surface area contributed by atoms with E-state index >= 15 is 0 Å². The normalized spacial score (nSPS) is 18.6. The van der Waals surface area contributed by atoms with Gasteiger partial charge < -0.3 is 5.32 Å². The molecule has 1 aromatic carbocycles. The SMILES string of the molecule is CC1Cc2c(nn(C(C)C)c2-c2ccc(F)cc2)CCN1. The summed E-state index contributed by atoms with van der Waals surface area (Å²) in [5, 5.41) is 8.33. The molecule has 2 aromatic rings. The zero-order chi connectivity index (χ0) is 15.0. The van der Waals surface area contributed by atoms with E-state index in [2.05, 4.69) is 30.8 Å². The van der Waals surface area contributed by atoms with Gasteiger partial charge in [-0.25, -0.2) is 4.39 Å². The summed E-state index contributed by atoms with van der Waals surface area (Å²) >= 11 is 0. The lowest BCUT2D eigenvalue weighted by molar-refractivity contribution is 0.521. The van der Waals surface area contributed by atoms with Gasteiger partial charge in [0.25, 0.3) is 0 Å². The maximum atomic E-state index is 13.2. The molecule has 0 saturated carbocycles. The Morgan fingerprint density at radius 2 is 2.00 bits per heavy atom. The zero-order valence-corrected chi connectivity index (χ0v) is 12.9. The molecule has 0 amide bonds. The highest BCUT2D eigenvalue weighted by Crippen LogP contribution is 2.31. The lowest BCUT2D eigenvalue weighted by Crippen LogP contribution is -2.27. The van der Waals surface area contributed by atoms with Crippen molar-refractivity contribution >= 4 is 0 Å². The molecule has 1 aliphatic heterocycles. The predicted molar refractivity (Wildman–Crippen MR) is 82.9 cm³/mol. The molecule has 4 heteroatoms. The third kappa shape index (κ3) is 2.72. The van der Waals surface area contributed by atoms with Crippen LogP contribution in [0.5, 0.6) is 0 Å². The molecule has 2 heterocycles. The summed E-state index contributed by atoms with van der Waals surface area (Å²) in [5.41, 5.74) is 4.69. The number of hydrogen-bond acceptors (Lipinski definition) is 2. The number of nitrogens with one attached hydrogen (secondary N) is 1. The van der Waals surface area contributed by atoms with Crippen molar-refractivity contribution in [2.45, 2.75) is 45.7 Å². The fourth-order valence-electron chi connectivity index (χ4n) is 3.03. The molecule has 3 rings (SSSR count). The Morgan fingerprint density at radius 3 is 2.67 bits per heavy atom. The van der Waals surface area contributed by atoms with Crippen LogP contribution >= 0.6 is 0 Å². The van der Waals surface area contributed by atoms with E-state index in [-0.39, 0.29) is 5.82 Å². The van der Waals surface area contributed by atoms with E-state index in [0.717, 1.165) is 30.6 Å². The Morgan fingerprint density at radius 1 is 1.29 bits per heavy atom. The maximum absolute atomic E-state index is 13.2. The molecule has 0 aliphatic carbocycles. The largest absolute Gasteiger partial charge is 0.314 e. The Labute approximate surface area is 125 Å². The van der Waals surface area contributed by atoms with Crippen molar-refractivity contribution < 1.29 is 4.39 Å². The summed E-state index contributed by atoms with van der Waals surface area (Å²) in [6.07, 6.45) is 1.92. The summed E-state index contributed by atoms with van der Waals surface area (Å²) in [6.45, 7) is 7.45. The molecule has 1 aliphatic rings. The summed E-state index contributed by atoms with van der Waals surface area (Å²) in [5.74, 6) is -0.199. The Hall–Kier alpha value is -1.68. The number of aromatic nitrogens is 2. The number of halogens is 1. The maximum Gasteiger partial charge on any atom is 0.123 e. The van der Waals surface area contributed by atoms with Crippen LogP contribution in [0, 0.1) is 5.82 Å². The molecule has 1 aromatic heterocycles. The van der Waals surface area contributed by atoms with Gasteiger partial charge in [-0.2, -0.15) is 5.10 Å². The molecule has 1 N–H and O–H groups in total. The van der Waals surface area contributed by atoms with Crippen LogP contribution in [0.3, 0.4) is 0 Å². The van der Waals surface area contributed by atoms with Gasteiger partial charge in [0.2, 0.25) is 0 Å². The first-order valence-corrected chi connectivity index (χ1v) is 7.66. The summed E-state index contributed by atoms with van der Waals surface area (Å²) in [4.78, 5) is 0. The van der Waals surface area contributed by atoms with E-state index < -0.39 is 0 Å². The standard InChI is InChI=1S/C17H22FN3/c1-11(2)21-17(13-4-6-14(18)7-5-13)15-10-12(3)19-9-8-16(15)20-21/h4-7,11-12,19H,8-10H2,1-3H3. The summed E-state index contributed by atoms with van der Waals surface area (Å²) < 4.78 is 15.3. The van der Waals surface area contributed by atoms with E-state index in [9.17, 15) is 4.39 Å². The van der Waals surface area contributed by atoms with Crippen molar-refractivity contribution in [2.75, 3.05) is 6.54 Å². The highest BCUT2D eigenvalue weighted by molar-refractivity contribution is 5.65. The third-order valence-corrected chi connectivity index (χ3v) is 4.06. The van der Waals surface area contributed by atoms with Crippen molar-refractivity contribution in [3.63, 3.8) is 0 Å². The van der Waals surface area contributed by atoms with Gasteiger partial charge in [0.05, 0.1) is 11.4 Å². The highest BCUT2D eigenvalue weighted by Gasteiger charge is 2.24. The minimum absolute atomic E-state index is 0.199. The van der Waals surface area contributed by atoms with E-state index in [1.165, 1.54) is 23.4 Å². The van der Waals surface area contributed by atoms with Gasteiger partial charge in [-0.05, 0) is 51.5 Å². The topological polar surface area (TPSA) is 29.9 Å². The Balaban J connectivity index is 2.16. The van der Waals surface area contributed by atoms with Crippen LogP contribution in [0.25, 0.3) is 11.3 Å². The van der Waals surface area contributed by atoms with Crippen molar-refractivity contribution in [2.24, 2.45) is 0 Å². The van der Waals surface area contributed by atoms with Gasteiger partial charge in [0.1, 0.15) is 5.82 Å². The van der Waals surface area contributed by atoms with E-state index in [4.69, 9.17) is 5.10 Å². The first-order chi connectivity index (χ1) is 10.1. The third-order valence-electron chi connectivity index (χ3n) is 4.06. The number of rotatable bonds is 2. The molecule has 0 fully saturated rings. The average Bonchev–Trinajstić information content (AvgIpc) is 2.69. The lowest BCUT2D eigenvalue weighted by atomic mass is 10.00. The van der Waals surface area contributed by atoms with Crippen LogP contribution in [-0.2, 0) is 12.8 Å². The summed E-state index contributed by atoms with van der Waals surface area (Å²) in [6, 6.07) is 7.49. The van der Waals surface area contributed by atoms with E-state index in [0.29, 0.717) is 12.1 Å². The molecule has 21 heavy (non-hydrogen) atoms. The van der Waals surface area contributed by atoms with Crippen LogP contribution in [0.4, 0.5) is 4.39 Å². The molecule has 112 valence electrons. The number of hydrogen-bond donors (Lipinski definition) is 1. The van der Waals surface area contributed by atoms with Crippen molar-refractivity contribution in [3.05, 3.63) is 41.3 Å².